The summed E-state index contributed by atoms with van der Waals surface area (Å²) in [6.07, 6.45) is 2.51. The Bertz CT molecular complexity index is 1250. The summed E-state index contributed by atoms with van der Waals surface area (Å²) in [5.74, 6) is -0.312. The molecule has 0 atom stereocenters. The van der Waals surface area contributed by atoms with Gasteiger partial charge >= 0.3 is 0 Å². The second-order valence-electron chi connectivity index (χ2n) is 10.7. The zero-order chi connectivity index (χ0) is 28.3. The fourth-order valence-electron chi connectivity index (χ4n) is 5.41. The summed E-state index contributed by atoms with van der Waals surface area (Å²) in [6, 6.07) is 41.6. The SMILES string of the molecule is CC(=O)C1C(=NN(Cc2ccccc2)Cc2ccccc2)CCCC1=NN(Cc1ccccc1)Cc1ccccc1. The summed E-state index contributed by atoms with van der Waals surface area (Å²) in [6.45, 7) is 4.36. The number of hydrogen-bond donors (Lipinski definition) is 0. The largest absolute Gasteiger partial charge is 0.299 e. The zero-order valence-electron chi connectivity index (χ0n) is 23.8. The monoisotopic (exact) mass is 542 g/mol. The third-order valence-corrected chi connectivity index (χ3v) is 7.31. The maximum atomic E-state index is 13.2. The van der Waals surface area contributed by atoms with Crippen LogP contribution in [0.3, 0.4) is 0 Å². The van der Waals surface area contributed by atoms with Crippen LogP contribution in [-0.4, -0.2) is 27.2 Å². The Kier molecular flexibility index (Phi) is 9.72. The Labute approximate surface area is 243 Å². The van der Waals surface area contributed by atoms with Crippen LogP contribution in [0.4, 0.5) is 0 Å². The first-order valence-corrected chi connectivity index (χ1v) is 14.4. The minimum atomic E-state index is -0.410. The number of carbonyl (C=O) groups is 1. The number of benzene rings is 4. The van der Waals surface area contributed by atoms with Gasteiger partial charge in [-0.15, -0.1) is 0 Å². The molecule has 0 radical (unpaired) electrons. The summed E-state index contributed by atoms with van der Waals surface area (Å²) in [7, 11) is 0. The highest BCUT2D eigenvalue weighted by Gasteiger charge is 2.32. The van der Waals surface area contributed by atoms with Gasteiger partial charge in [0.2, 0.25) is 0 Å². The number of Topliss-reactive ketones (excluding diaryl/α,β-unsaturated/α-hetero) is 1. The molecular weight excluding hydrogens is 504 g/mol. The van der Waals surface area contributed by atoms with Gasteiger partial charge in [-0.05, 0) is 48.4 Å². The predicted octanol–water partition coefficient (Wildman–Crippen LogP) is 7.49. The van der Waals surface area contributed by atoms with Gasteiger partial charge in [-0.1, -0.05) is 121 Å². The van der Waals surface area contributed by atoms with Crippen LogP contribution in [0, 0.1) is 5.92 Å². The van der Waals surface area contributed by atoms with Gasteiger partial charge in [0.25, 0.3) is 0 Å². The molecule has 0 N–H and O–H groups in total. The number of ketones is 1. The molecule has 208 valence electrons. The second-order valence-corrected chi connectivity index (χ2v) is 10.7. The standard InChI is InChI=1S/C36H38N4O/c1-29(41)36-34(37-39(25-30-15-6-2-7-16-30)26-31-17-8-3-9-18-31)23-14-24-35(36)38-40(27-32-19-10-4-11-20-32)28-33-21-12-5-13-22-33/h2-13,15-22,36H,14,23-28H2,1H3. The number of hydrazone groups is 2. The Morgan fingerprint density at radius 2 is 0.854 bits per heavy atom. The van der Waals surface area contributed by atoms with E-state index in [9.17, 15) is 4.79 Å². The van der Waals surface area contributed by atoms with Crippen molar-refractivity contribution in [2.75, 3.05) is 0 Å². The van der Waals surface area contributed by atoms with Crippen LogP contribution < -0.4 is 0 Å². The van der Waals surface area contributed by atoms with E-state index >= 15 is 0 Å². The van der Waals surface area contributed by atoms with Crippen molar-refractivity contribution in [1.82, 2.24) is 10.0 Å². The molecule has 5 rings (SSSR count). The van der Waals surface area contributed by atoms with Crippen LogP contribution in [0.15, 0.2) is 132 Å². The van der Waals surface area contributed by atoms with E-state index in [4.69, 9.17) is 10.2 Å². The summed E-state index contributed by atoms with van der Waals surface area (Å²) >= 11 is 0. The summed E-state index contributed by atoms with van der Waals surface area (Å²) in [4.78, 5) is 13.2. The lowest BCUT2D eigenvalue weighted by Crippen LogP contribution is -2.37. The van der Waals surface area contributed by atoms with Gasteiger partial charge in [-0.2, -0.15) is 10.2 Å². The van der Waals surface area contributed by atoms with Crippen LogP contribution in [0.5, 0.6) is 0 Å². The Morgan fingerprint density at radius 1 is 0.561 bits per heavy atom. The molecule has 0 aromatic heterocycles. The van der Waals surface area contributed by atoms with E-state index < -0.39 is 5.92 Å². The molecule has 1 aliphatic rings. The molecule has 1 saturated carbocycles. The van der Waals surface area contributed by atoms with Gasteiger partial charge in [-0.3, -0.25) is 14.8 Å². The topological polar surface area (TPSA) is 48.3 Å². The second kappa shape index (κ2) is 14.2. The van der Waals surface area contributed by atoms with Crippen LogP contribution in [0.1, 0.15) is 48.4 Å². The lowest BCUT2D eigenvalue weighted by Gasteiger charge is -2.30. The van der Waals surface area contributed by atoms with Crippen molar-refractivity contribution in [1.29, 1.82) is 0 Å². The molecule has 0 amide bonds. The van der Waals surface area contributed by atoms with Gasteiger partial charge < -0.3 is 0 Å². The molecule has 0 heterocycles. The lowest BCUT2D eigenvalue weighted by molar-refractivity contribution is -0.117. The van der Waals surface area contributed by atoms with E-state index in [1.165, 1.54) is 22.3 Å². The number of rotatable bonds is 11. The molecule has 4 aromatic rings. The van der Waals surface area contributed by atoms with Gasteiger partial charge in [0.05, 0.1) is 43.5 Å². The smallest absolute Gasteiger partial charge is 0.144 e. The maximum Gasteiger partial charge on any atom is 0.144 e. The van der Waals surface area contributed by atoms with E-state index in [2.05, 4.69) is 107 Å². The molecule has 0 saturated heterocycles. The highest BCUT2D eigenvalue weighted by Crippen LogP contribution is 2.25. The molecule has 1 fully saturated rings. The predicted molar refractivity (Wildman–Crippen MR) is 167 cm³/mol. The molecule has 1 aliphatic carbocycles. The molecule has 4 aromatic carbocycles. The van der Waals surface area contributed by atoms with Crippen molar-refractivity contribution in [3.8, 4) is 0 Å². The first kappa shape index (κ1) is 28.0. The lowest BCUT2D eigenvalue weighted by atomic mass is 9.83. The molecular formula is C36H38N4O. The van der Waals surface area contributed by atoms with E-state index in [-0.39, 0.29) is 5.78 Å². The fourth-order valence-corrected chi connectivity index (χ4v) is 5.41. The Hall–Kier alpha value is -4.51. The van der Waals surface area contributed by atoms with Gasteiger partial charge in [0, 0.05) is 0 Å². The molecule has 0 aliphatic heterocycles. The molecule has 0 unspecified atom stereocenters. The van der Waals surface area contributed by atoms with Crippen molar-refractivity contribution in [3.05, 3.63) is 144 Å². The van der Waals surface area contributed by atoms with Crippen LogP contribution >= 0.6 is 0 Å². The Morgan fingerprint density at radius 3 is 1.12 bits per heavy atom. The van der Waals surface area contributed by atoms with Crippen LogP contribution in [-0.2, 0) is 31.0 Å². The summed E-state index contributed by atoms with van der Waals surface area (Å²) in [5.41, 5.74) is 6.58. The number of nitrogens with zero attached hydrogens (tertiary/aromatic N) is 4. The Balaban J connectivity index is 1.46. The first-order chi connectivity index (χ1) is 20.1. The van der Waals surface area contributed by atoms with E-state index in [1.807, 2.05) is 24.3 Å². The zero-order valence-corrected chi connectivity index (χ0v) is 23.8. The number of carbonyl (C=O) groups excluding carboxylic acids is 1. The van der Waals surface area contributed by atoms with Gasteiger partial charge in [-0.25, -0.2) is 0 Å². The third-order valence-electron chi connectivity index (χ3n) is 7.31. The highest BCUT2D eigenvalue weighted by molar-refractivity contribution is 6.23. The maximum absolute atomic E-state index is 13.2. The van der Waals surface area contributed by atoms with Gasteiger partial charge in [0.1, 0.15) is 5.78 Å². The molecule has 0 bridgehead atoms. The third kappa shape index (κ3) is 8.24. The van der Waals surface area contributed by atoms with Crippen molar-refractivity contribution in [3.63, 3.8) is 0 Å². The van der Waals surface area contributed by atoms with Crippen molar-refractivity contribution in [2.24, 2.45) is 16.1 Å². The van der Waals surface area contributed by atoms with Crippen molar-refractivity contribution >= 4 is 17.2 Å². The normalized spacial score (nSPS) is 17.0. The average Bonchev–Trinajstić information content (AvgIpc) is 2.99. The van der Waals surface area contributed by atoms with E-state index in [0.29, 0.717) is 26.2 Å². The molecule has 5 nitrogen and oxygen atoms in total. The summed E-state index contributed by atoms with van der Waals surface area (Å²) in [5, 5.41) is 14.6. The van der Waals surface area contributed by atoms with E-state index in [1.54, 1.807) is 6.92 Å². The minimum Gasteiger partial charge on any atom is -0.299 e. The van der Waals surface area contributed by atoms with Crippen molar-refractivity contribution in [2.45, 2.75) is 52.4 Å². The van der Waals surface area contributed by atoms with Gasteiger partial charge in [0.15, 0.2) is 0 Å². The molecule has 5 heteroatoms. The first-order valence-electron chi connectivity index (χ1n) is 14.4. The number of hydrogen-bond acceptors (Lipinski definition) is 5. The van der Waals surface area contributed by atoms with Crippen molar-refractivity contribution < 1.29 is 4.79 Å². The van der Waals surface area contributed by atoms with E-state index in [0.717, 1.165) is 30.7 Å². The molecule has 41 heavy (non-hydrogen) atoms. The minimum absolute atomic E-state index is 0.0981. The fraction of sp³-hybridized carbons (Fsp3) is 0.250. The molecule has 0 spiro atoms. The summed E-state index contributed by atoms with van der Waals surface area (Å²) < 4.78 is 0. The highest BCUT2D eigenvalue weighted by atomic mass is 16.1. The van der Waals surface area contributed by atoms with Crippen LogP contribution in [0.25, 0.3) is 0 Å². The quantitative estimate of drug-likeness (QED) is 0.185. The average molecular weight is 543 g/mol. The van der Waals surface area contributed by atoms with Crippen LogP contribution in [0.2, 0.25) is 0 Å².